The standard InChI is InChI=1S/C9H11ClO.C2H7N/c10-6-7-11-8-9-4-2-1-3-5-9;1-2-3/h1-5H,6-8H2;2-3H2,1H3. The highest BCUT2D eigenvalue weighted by atomic mass is 35.5. The van der Waals surface area contributed by atoms with Crippen LogP contribution in [0.25, 0.3) is 0 Å². The Morgan fingerprint density at radius 3 is 2.36 bits per heavy atom. The van der Waals surface area contributed by atoms with Gasteiger partial charge >= 0.3 is 0 Å². The molecular weight excluding hydrogens is 198 g/mol. The fraction of sp³-hybridized carbons (Fsp3) is 0.455. The molecule has 0 bridgehead atoms. The second kappa shape index (κ2) is 10.5. The van der Waals surface area contributed by atoms with Crippen molar-refractivity contribution in [3.05, 3.63) is 35.9 Å². The van der Waals surface area contributed by atoms with Crippen LogP contribution in [0.5, 0.6) is 0 Å². The molecule has 0 aromatic heterocycles. The summed E-state index contributed by atoms with van der Waals surface area (Å²) >= 11 is 5.44. The van der Waals surface area contributed by atoms with Gasteiger partial charge in [-0.05, 0) is 12.1 Å². The molecule has 1 aromatic carbocycles. The van der Waals surface area contributed by atoms with Gasteiger partial charge in [0.15, 0.2) is 0 Å². The van der Waals surface area contributed by atoms with Crippen molar-refractivity contribution in [2.75, 3.05) is 19.0 Å². The molecule has 0 radical (unpaired) electrons. The van der Waals surface area contributed by atoms with E-state index in [1.54, 1.807) is 0 Å². The van der Waals surface area contributed by atoms with Crippen LogP contribution >= 0.6 is 11.6 Å². The van der Waals surface area contributed by atoms with Crippen LogP contribution in [0.4, 0.5) is 0 Å². The summed E-state index contributed by atoms with van der Waals surface area (Å²) in [6, 6.07) is 10.1. The molecule has 0 heterocycles. The predicted molar refractivity (Wildman–Crippen MR) is 61.5 cm³/mol. The van der Waals surface area contributed by atoms with Crippen LogP contribution in [0.3, 0.4) is 0 Å². The maximum Gasteiger partial charge on any atom is 0.0717 e. The molecule has 0 aliphatic heterocycles. The zero-order valence-corrected chi connectivity index (χ0v) is 9.33. The zero-order chi connectivity index (χ0) is 10.6. The SMILES string of the molecule is CCN.ClCCOCc1ccccc1. The van der Waals surface area contributed by atoms with E-state index in [-0.39, 0.29) is 0 Å². The maximum absolute atomic E-state index is 5.44. The molecule has 0 unspecified atom stereocenters. The highest BCUT2D eigenvalue weighted by Crippen LogP contribution is 1.99. The van der Waals surface area contributed by atoms with Crippen LogP contribution in [0, 0.1) is 0 Å². The van der Waals surface area contributed by atoms with Gasteiger partial charge in [0.05, 0.1) is 13.2 Å². The average Bonchev–Trinajstić information content (AvgIpc) is 2.21. The van der Waals surface area contributed by atoms with Gasteiger partial charge in [0.25, 0.3) is 0 Å². The fourth-order valence-corrected chi connectivity index (χ4v) is 0.928. The third-order valence-electron chi connectivity index (χ3n) is 1.33. The van der Waals surface area contributed by atoms with E-state index < -0.39 is 0 Å². The van der Waals surface area contributed by atoms with Crippen LogP contribution < -0.4 is 5.73 Å². The third kappa shape index (κ3) is 8.05. The van der Waals surface area contributed by atoms with Gasteiger partial charge in [-0.3, -0.25) is 0 Å². The molecule has 0 spiro atoms. The van der Waals surface area contributed by atoms with Gasteiger partial charge in [-0.25, -0.2) is 0 Å². The van der Waals surface area contributed by atoms with Crippen LogP contribution in [0.15, 0.2) is 30.3 Å². The van der Waals surface area contributed by atoms with Gasteiger partial charge in [0.1, 0.15) is 0 Å². The Kier molecular flexibility index (Phi) is 10.1. The lowest BCUT2D eigenvalue weighted by molar-refractivity contribution is 0.136. The molecule has 14 heavy (non-hydrogen) atoms. The number of ether oxygens (including phenoxy) is 1. The first kappa shape index (κ1) is 13.4. The van der Waals surface area contributed by atoms with Crippen LogP contribution in [0.1, 0.15) is 12.5 Å². The number of rotatable bonds is 4. The molecule has 1 aromatic rings. The Bertz CT molecular complexity index is 204. The number of halogens is 1. The van der Waals surface area contributed by atoms with Crippen LogP contribution in [0.2, 0.25) is 0 Å². The van der Waals surface area contributed by atoms with Crippen molar-refractivity contribution in [3.63, 3.8) is 0 Å². The molecular formula is C11H18ClNO. The Balaban J connectivity index is 0.000000500. The van der Waals surface area contributed by atoms with E-state index in [4.69, 9.17) is 22.1 Å². The second-order valence-electron chi connectivity index (χ2n) is 2.64. The summed E-state index contributed by atoms with van der Waals surface area (Å²) < 4.78 is 5.24. The Morgan fingerprint density at radius 1 is 1.29 bits per heavy atom. The number of benzene rings is 1. The van der Waals surface area contributed by atoms with E-state index in [2.05, 4.69) is 0 Å². The van der Waals surface area contributed by atoms with Crippen molar-refractivity contribution in [2.24, 2.45) is 5.73 Å². The van der Waals surface area contributed by atoms with Crippen molar-refractivity contribution >= 4 is 11.6 Å². The molecule has 0 fully saturated rings. The number of nitrogens with two attached hydrogens (primary N) is 1. The maximum atomic E-state index is 5.44. The summed E-state index contributed by atoms with van der Waals surface area (Å²) in [4.78, 5) is 0. The summed E-state index contributed by atoms with van der Waals surface area (Å²) in [5.74, 6) is 0.562. The highest BCUT2D eigenvalue weighted by Gasteiger charge is 1.89. The molecule has 2 nitrogen and oxygen atoms in total. The van der Waals surface area contributed by atoms with Crippen molar-refractivity contribution < 1.29 is 4.74 Å². The summed E-state index contributed by atoms with van der Waals surface area (Å²) in [5, 5.41) is 0. The molecule has 80 valence electrons. The van der Waals surface area contributed by atoms with Crippen molar-refractivity contribution in [1.82, 2.24) is 0 Å². The Morgan fingerprint density at radius 2 is 1.86 bits per heavy atom. The summed E-state index contributed by atoms with van der Waals surface area (Å²) in [6.07, 6.45) is 0. The minimum atomic E-state index is 0.562. The largest absolute Gasteiger partial charge is 0.376 e. The molecule has 0 saturated carbocycles. The summed E-state index contributed by atoms with van der Waals surface area (Å²) in [7, 11) is 0. The monoisotopic (exact) mass is 215 g/mol. The van der Waals surface area contributed by atoms with Gasteiger partial charge in [-0.1, -0.05) is 37.3 Å². The van der Waals surface area contributed by atoms with Gasteiger partial charge < -0.3 is 10.5 Å². The molecule has 1 rings (SSSR count). The smallest absolute Gasteiger partial charge is 0.0717 e. The molecule has 2 N–H and O–H groups in total. The highest BCUT2D eigenvalue weighted by molar-refractivity contribution is 6.17. The second-order valence-corrected chi connectivity index (χ2v) is 3.01. The first-order chi connectivity index (χ1) is 6.85. The van der Waals surface area contributed by atoms with Crippen molar-refractivity contribution in [1.29, 1.82) is 0 Å². The van der Waals surface area contributed by atoms with Gasteiger partial charge in [0, 0.05) is 5.88 Å². The minimum Gasteiger partial charge on any atom is -0.376 e. The first-order valence-electron chi connectivity index (χ1n) is 4.72. The molecule has 0 aliphatic rings. The van der Waals surface area contributed by atoms with Gasteiger partial charge in [-0.15, -0.1) is 11.6 Å². The van der Waals surface area contributed by atoms with E-state index in [0.29, 0.717) is 19.1 Å². The Hall–Kier alpha value is -0.570. The lowest BCUT2D eigenvalue weighted by Crippen LogP contribution is -1.95. The predicted octanol–water partition coefficient (Wildman–Crippen LogP) is 2.41. The quantitative estimate of drug-likeness (QED) is 0.619. The number of hydrogen-bond acceptors (Lipinski definition) is 2. The summed E-state index contributed by atoms with van der Waals surface area (Å²) in [6.45, 7) is 3.93. The Labute approximate surface area is 91.0 Å². The average molecular weight is 216 g/mol. The molecule has 0 aliphatic carbocycles. The fourth-order valence-electron chi connectivity index (χ4n) is 0.819. The topological polar surface area (TPSA) is 35.2 Å². The lowest BCUT2D eigenvalue weighted by atomic mass is 10.2. The first-order valence-corrected chi connectivity index (χ1v) is 5.26. The van der Waals surface area contributed by atoms with Gasteiger partial charge in [0.2, 0.25) is 0 Å². The van der Waals surface area contributed by atoms with Crippen LogP contribution in [-0.2, 0) is 11.3 Å². The summed E-state index contributed by atoms with van der Waals surface area (Å²) in [5.41, 5.74) is 6.04. The minimum absolute atomic E-state index is 0.562. The van der Waals surface area contributed by atoms with E-state index in [1.165, 1.54) is 5.56 Å². The third-order valence-corrected chi connectivity index (χ3v) is 1.49. The van der Waals surface area contributed by atoms with Crippen molar-refractivity contribution in [3.8, 4) is 0 Å². The molecule has 0 amide bonds. The van der Waals surface area contributed by atoms with E-state index in [9.17, 15) is 0 Å². The lowest BCUT2D eigenvalue weighted by Gasteiger charge is -2.00. The molecule has 0 saturated heterocycles. The molecule has 0 atom stereocenters. The van der Waals surface area contributed by atoms with Crippen LogP contribution in [-0.4, -0.2) is 19.0 Å². The molecule has 3 heteroatoms. The zero-order valence-electron chi connectivity index (χ0n) is 8.58. The van der Waals surface area contributed by atoms with Gasteiger partial charge in [-0.2, -0.15) is 0 Å². The number of hydrogen-bond donors (Lipinski definition) is 1. The van der Waals surface area contributed by atoms with E-state index >= 15 is 0 Å². The van der Waals surface area contributed by atoms with E-state index in [1.807, 2.05) is 37.3 Å². The number of alkyl halides is 1. The normalized spacial score (nSPS) is 9.07. The van der Waals surface area contributed by atoms with E-state index in [0.717, 1.165) is 6.54 Å². The van der Waals surface area contributed by atoms with Crippen molar-refractivity contribution in [2.45, 2.75) is 13.5 Å².